The lowest BCUT2D eigenvalue weighted by molar-refractivity contribution is -0.143. The highest BCUT2D eigenvalue weighted by Crippen LogP contribution is 2.12. The molecule has 0 rings (SSSR count). The van der Waals surface area contributed by atoms with E-state index in [1.54, 1.807) is 20.8 Å². The molecule has 0 aromatic carbocycles. The summed E-state index contributed by atoms with van der Waals surface area (Å²) in [6.45, 7) is 5.28. The molecule has 2 amide bonds. The SMILES string of the molecule is CC(C)(C)C(=O)NCCC(=O)N[C@@H](CCC(=O)O)C(=O)O. The van der Waals surface area contributed by atoms with E-state index >= 15 is 0 Å². The van der Waals surface area contributed by atoms with Gasteiger partial charge in [-0.25, -0.2) is 4.79 Å². The summed E-state index contributed by atoms with van der Waals surface area (Å²) in [5.41, 5.74) is -0.568. The molecule has 0 saturated carbocycles. The molecule has 0 spiro atoms. The minimum Gasteiger partial charge on any atom is -0.481 e. The Labute approximate surface area is 122 Å². The van der Waals surface area contributed by atoms with Gasteiger partial charge in [0.2, 0.25) is 11.8 Å². The zero-order valence-corrected chi connectivity index (χ0v) is 12.4. The van der Waals surface area contributed by atoms with Gasteiger partial charge in [0.05, 0.1) is 0 Å². The van der Waals surface area contributed by atoms with Crippen LogP contribution in [0.15, 0.2) is 0 Å². The Morgan fingerprint density at radius 2 is 1.62 bits per heavy atom. The Balaban J connectivity index is 4.18. The van der Waals surface area contributed by atoms with E-state index in [0.29, 0.717) is 0 Å². The third-order valence-electron chi connectivity index (χ3n) is 2.60. The zero-order chi connectivity index (χ0) is 16.6. The lowest BCUT2D eigenvalue weighted by Gasteiger charge is -2.18. The Morgan fingerprint density at radius 1 is 1.05 bits per heavy atom. The molecule has 0 aliphatic heterocycles. The van der Waals surface area contributed by atoms with E-state index in [-0.39, 0.29) is 31.7 Å². The van der Waals surface area contributed by atoms with Crippen molar-refractivity contribution in [3.63, 3.8) is 0 Å². The Hall–Kier alpha value is -2.12. The van der Waals surface area contributed by atoms with Crippen LogP contribution < -0.4 is 10.6 Å². The number of carboxylic acids is 2. The van der Waals surface area contributed by atoms with Crippen molar-refractivity contribution >= 4 is 23.8 Å². The van der Waals surface area contributed by atoms with Crippen LogP contribution in [0.3, 0.4) is 0 Å². The first kappa shape index (κ1) is 18.9. The number of carbonyl (C=O) groups is 4. The van der Waals surface area contributed by atoms with Crippen molar-refractivity contribution < 1.29 is 29.4 Å². The molecular formula is C13H22N2O6. The normalized spacial score (nSPS) is 12.3. The summed E-state index contributed by atoms with van der Waals surface area (Å²) in [5, 5.41) is 22.2. The highest BCUT2D eigenvalue weighted by atomic mass is 16.4. The third-order valence-corrected chi connectivity index (χ3v) is 2.60. The summed E-state index contributed by atoms with van der Waals surface area (Å²) >= 11 is 0. The predicted molar refractivity (Wildman–Crippen MR) is 73.5 cm³/mol. The van der Waals surface area contributed by atoms with Crippen LogP contribution in [-0.2, 0) is 19.2 Å². The first-order valence-corrected chi connectivity index (χ1v) is 6.56. The van der Waals surface area contributed by atoms with Gasteiger partial charge in [0, 0.05) is 24.8 Å². The van der Waals surface area contributed by atoms with Gasteiger partial charge in [0.15, 0.2) is 0 Å². The van der Waals surface area contributed by atoms with E-state index in [2.05, 4.69) is 10.6 Å². The molecule has 0 heterocycles. The number of hydrogen-bond acceptors (Lipinski definition) is 4. The average molecular weight is 302 g/mol. The van der Waals surface area contributed by atoms with Crippen LogP contribution in [0.4, 0.5) is 0 Å². The molecule has 0 aromatic rings. The van der Waals surface area contributed by atoms with E-state index in [1.807, 2.05) is 0 Å². The highest BCUT2D eigenvalue weighted by molar-refractivity contribution is 5.85. The van der Waals surface area contributed by atoms with Crippen LogP contribution in [0.5, 0.6) is 0 Å². The van der Waals surface area contributed by atoms with Crippen LogP contribution in [0.25, 0.3) is 0 Å². The minimum absolute atomic E-state index is 0.0708. The Morgan fingerprint density at radius 3 is 2.05 bits per heavy atom. The van der Waals surface area contributed by atoms with Crippen LogP contribution in [-0.4, -0.2) is 46.6 Å². The lowest BCUT2D eigenvalue weighted by atomic mass is 9.96. The molecule has 0 radical (unpaired) electrons. The highest BCUT2D eigenvalue weighted by Gasteiger charge is 2.22. The maximum atomic E-state index is 11.6. The Kier molecular flexibility index (Phi) is 7.40. The standard InChI is InChI=1S/C13H22N2O6/c1-13(2,3)12(21)14-7-6-9(16)15-8(11(19)20)4-5-10(17)18/h8H,4-7H2,1-3H3,(H,14,21)(H,15,16)(H,17,18)(H,19,20)/t8-/m0/s1. The van der Waals surface area contributed by atoms with Crippen molar-refractivity contribution in [1.29, 1.82) is 0 Å². The molecule has 0 aliphatic rings. The van der Waals surface area contributed by atoms with Crippen molar-refractivity contribution in [2.45, 2.75) is 46.1 Å². The van der Waals surface area contributed by atoms with Gasteiger partial charge in [-0.3, -0.25) is 14.4 Å². The quantitative estimate of drug-likeness (QED) is 0.498. The summed E-state index contributed by atoms with van der Waals surface area (Å²) < 4.78 is 0. The molecular weight excluding hydrogens is 280 g/mol. The first-order valence-electron chi connectivity index (χ1n) is 6.56. The van der Waals surface area contributed by atoms with E-state index in [0.717, 1.165) is 0 Å². The van der Waals surface area contributed by atoms with Crippen molar-refractivity contribution in [2.24, 2.45) is 5.41 Å². The summed E-state index contributed by atoms with van der Waals surface area (Å²) in [5.74, 6) is -3.19. The molecule has 1 atom stereocenters. The fraction of sp³-hybridized carbons (Fsp3) is 0.692. The molecule has 0 aliphatic carbocycles. The van der Waals surface area contributed by atoms with Gasteiger partial charge in [-0.2, -0.15) is 0 Å². The number of rotatable bonds is 8. The maximum Gasteiger partial charge on any atom is 0.326 e. The number of nitrogens with one attached hydrogen (secondary N) is 2. The van der Waals surface area contributed by atoms with Crippen LogP contribution in [0, 0.1) is 5.41 Å². The minimum atomic E-state index is -1.29. The lowest BCUT2D eigenvalue weighted by Crippen LogP contribution is -2.43. The van der Waals surface area contributed by atoms with Gasteiger partial charge >= 0.3 is 11.9 Å². The summed E-state index contributed by atoms with van der Waals surface area (Å²) in [7, 11) is 0. The van der Waals surface area contributed by atoms with E-state index in [1.165, 1.54) is 0 Å². The van der Waals surface area contributed by atoms with Gasteiger partial charge in [0.25, 0.3) is 0 Å². The molecule has 0 aromatic heterocycles. The fourth-order valence-electron chi connectivity index (χ4n) is 1.35. The molecule has 0 unspecified atom stereocenters. The van der Waals surface area contributed by atoms with Gasteiger partial charge < -0.3 is 20.8 Å². The number of hydrogen-bond donors (Lipinski definition) is 4. The van der Waals surface area contributed by atoms with Crippen molar-refractivity contribution in [3.8, 4) is 0 Å². The summed E-state index contributed by atoms with van der Waals surface area (Å²) in [4.78, 5) is 44.4. The third kappa shape index (κ3) is 8.61. The maximum absolute atomic E-state index is 11.6. The molecule has 120 valence electrons. The van der Waals surface area contributed by atoms with Crippen LogP contribution in [0.2, 0.25) is 0 Å². The zero-order valence-electron chi connectivity index (χ0n) is 12.4. The van der Waals surface area contributed by atoms with Crippen molar-refractivity contribution in [3.05, 3.63) is 0 Å². The smallest absolute Gasteiger partial charge is 0.326 e. The van der Waals surface area contributed by atoms with Gasteiger partial charge in [-0.15, -0.1) is 0 Å². The number of aliphatic carboxylic acids is 2. The molecule has 4 N–H and O–H groups in total. The molecule has 0 bridgehead atoms. The average Bonchev–Trinajstić information content (AvgIpc) is 2.32. The van der Waals surface area contributed by atoms with Crippen molar-refractivity contribution in [1.82, 2.24) is 10.6 Å². The van der Waals surface area contributed by atoms with Gasteiger partial charge in [0.1, 0.15) is 6.04 Å². The first-order chi connectivity index (χ1) is 9.54. The van der Waals surface area contributed by atoms with Crippen LogP contribution in [0.1, 0.15) is 40.0 Å². The number of carboxylic acid groups (broad SMARTS) is 2. The fourth-order valence-corrected chi connectivity index (χ4v) is 1.35. The molecule has 0 saturated heterocycles. The number of carbonyl (C=O) groups excluding carboxylic acids is 2. The van der Waals surface area contributed by atoms with Gasteiger partial charge in [-0.1, -0.05) is 20.8 Å². The summed E-state index contributed by atoms with van der Waals surface area (Å²) in [6, 6.07) is -1.24. The van der Waals surface area contributed by atoms with E-state index in [4.69, 9.17) is 10.2 Å². The largest absolute Gasteiger partial charge is 0.481 e. The summed E-state index contributed by atoms with van der Waals surface area (Å²) in [6.07, 6.45) is -0.610. The predicted octanol–water partition coefficient (Wildman–Crippen LogP) is -0.0270. The Bertz CT molecular complexity index is 413. The number of amides is 2. The van der Waals surface area contributed by atoms with Gasteiger partial charge in [-0.05, 0) is 6.42 Å². The molecule has 21 heavy (non-hydrogen) atoms. The molecule has 8 nitrogen and oxygen atoms in total. The molecule has 0 fully saturated rings. The second-order valence-corrected chi connectivity index (χ2v) is 5.65. The van der Waals surface area contributed by atoms with E-state index in [9.17, 15) is 19.2 Å². The second kappa shape index (κ2) is 8.23. The van der Waals surface area contributed by atoms with Crippen molar-refractivity contribution in [2.75, 3.05) is 6.54 Å². The van der Waals surface area contributed by atoms with E-state index < -0.39 is 29.3 Å². The second-order valence-electron chi connectivity index (χ2n) is 5.65. The van der Waals surface area contributed by atoms with Crippen LogP contribution >= 0.6 is 0 Å². The molecule has 8 heteroatoms. The topological polar surface area (TPSA) is 133 Å². The monoisotopic (exact) mass is 302 g/mol.